The summed E-state index contributed by atoms with van der Waals surface area (Å²) in [6.45, 7) is 0. The number of nitriles is 1. The van der Waals surface area contributed by atoms with Crippen LogP contribution >= 0.6 is 70.8 Å². The molecule has 4 nitrogen and oxygen atoms in total. The van der Waals surface area contributed by atoms with Crippen LogP contribution in [0.2, 0.25) is 20.1 Å². The van der Waals surface area contributed by atoms with E-state index in [0.717, 1.165) is 4.90 Å². The lowest BCUT2D eigenvalue weighted by Crippen LogP contribution is -1.92. The Morgan fingerprint density at radius 1 is 0.897 bits per heavy atom. The molecule has 3 aromatic rings. The van der Waals surface area contributed by atoms with Crippen molar-refractivity contribution in [2.75, 3.05) is 0 Å². The lowest BCUT2D eigenvalue weighted by Gasteiger charge is -2.04. The molecule has 0 fully saturated rings. The average Bonchev–Trinajstić information content (AvgIpc) is 2.60. The third-order valence-corrected chi connectivity index (χ3v) is 5.36. The summed E-state index contributed by atoms with van der Waals surface area (Å²) in [4.78, 5) is 12.4. The zero-order valence-electron chi connectivity index (χ0n) is 14.3. The van der Waals surface area contributed by atoms with Gasteiger partial charge in [0.05, 0.1) is 21.5 Å². The molecule has 3 rings (SSSR count). The van der Waals surface area contributed by atoms with Crippen LogP contribution in [0.1, 0.15) is 5.56 Å². The first-order chi connectivity index (χ1) is 13.7. The van der Waals surface area contributed by atoms with Crippen LogP contribution in [0.3, 0.4) is 0 Å². The van der Waals surface area contributed by atoms with Crippen molar-refractivity contribution in [2.45, 2.75) is 14.7 Å². The molecule has 0 heterocycles. The summed E-state index contributed by atoms with van der Waals surface area (Å²) in [5.74, 6) is 0. The fourth-order valence-electron chi connectivity index (χ4n) is 2.07. The van der Waals surface area contributed by atoms with Crippen LogP contribution in [0.4, 0.5) is 5.69 Å². The van der Waals surface area contributed by atoms with Crippen LogP contribution in [0.15, 0.2) is 69.3 Å². The van der Waals surface area contributed by atoms with Crippen molar-refractivity contribution in [1.82, 2.24) is 0 Å². The predicted molar refractivity (Wildman–Crippen MR) is 122 cm³/mol. The zero-order valence-corrected chi connectivity index (χ0v) is 19.0. The van der Waals surface area contributed by atoms with Gasteiger partial charge in [-0.2, -0.15) is 5.26 Å². The van der Waals surface area contributed by atoms with Gasteiger partial charge in [0, 0.05) is 35.9 Å². The van der Waals surface area contributed by atoms with Crippen LogP contribution < -0.4 is 0 Å². The van der Waals surface area contributed by atoms with Crippen molar-refractivity contribution in [2.24, 2.45) is 0 Å². The highest BCUT2D eigenvalue weighted by atomic mass is 35.5. The van der Waals surface area contributed by atoms with Crippen molar-refractivity contribution in [1.29, 1.82) is 5.26 Å². The summed E-state index contributed by atoms with van der Waals surface area (Å²) in [7, 11) is 0. The minimum Gasteiger partial charge on any atom is -0.258 e. The van der Waals surface area contributed by atoms with Crippen molar-refractivity contribution in [3.8, 4) is 6.07 Å². The summed E-state index contributed by atoms with van der Waals surface area (Å²) in [5.41, 5.74) is 0.121. The molecule has 0 amide bonds. The standard InChI is InChI=1S/C13H6Cl2N2O2S.C6H4Cl2S/c14-9-4-10(15)6-11(5-9)20-13-2-1-8(7-16)3-12(13)17(18)19;7-4-1-5(8)3-6(9)2-4/h1-6H;1-3,9H. The first-order valence-electron chi connectivity index (χ1n) is 7.65. The van der Waals surface area contributed by atoms with Gasteiger partial charge in [-0.25, -0.2) is 0 Å². The molecule has 0 saturated carbocycles. The van der Waals surface area contributed by atoms with Crippen LogP contribution in [-0.4, -0.2) is 4.92 Å². The molecule has 148 valence electrons. The Morgan fingerprint density at radius 2 is 1.41 bits per heavy atom. The van der Waals surface area contributed by atoms with Crippen molar-refractivity contribution >= 4 is 76.5 Å². The normalized spacial score (nSPS) is 9.93. The molecule has 0 unspecified atom stereocenters. The quantitative estimate of drug-likeness (QED) is 0.222. The van der Waals surface area contributed by atoms with Crippen molar-refractivity contribution < 1.29 is 4.92 Å². The Balaban J connectivity index is 0.000000278. The number of hydrogen-bond acceptors (Lipinski definition) is 5. The maximum Gasteiger partial charge on any atom is 0.284 e. The van der Waals surface area contributed by atoms with Gasteiger partial charge in [-0.15, -0.1) is 12.6 Å². The third kappa shape index (κ3) is 7.63. The minimum atomic E-state index is -0.519. The SMILES string of the molecule is N#Cc1ccc(Sc2cc(Cl)cc(Cl)c2)c([N+](=O)[O-])c1.Sc1cc(Cl)cc(Cl)c1. The summed E-state index contributed by atoms with van der Waals surface area (Å²) < 4.78 is 0. The Morgan fingerprint density at radius 3 is 1.86 bits per heavy atom. The average molecular weight is 504 g/mol. The van der Waals surface area contributed by atoms with E-state index in [1.54, 1.807) is 36.4 Å². The molecule has 0 aliphatic carbocycles. The van der Waals surface area contributed by atoms with E-state index in [0.29, 0.717) is 29.9 Å². The van der Waals surface area contributed by atoms with Crippen LogP contribution in [-0.2, 0) is 0 Å². The fraction of sp³-hybridized carbons (Fsp3) is 0. The predicted octanol–water partition coefficient (Wildman–Crippen LogP) is 8.21. The molecule has 0 atom stereocenters. The topological polar surface area (TPSA) is 66.9 Å². The number of nitro benzene ring substituents is 1. The number of nitro groups is 1. The summed E-state index contributed by atoms with van der Waals surface area (Å²) in [6.07, 6.45) is 0. The molecule has 0 saturated heterocycles. The number of benzene rings is 3. The molecule has 0 spiro atoms. The lowest BCUT2D eigenvalue weighted by molar-refractivity contribution is -0.387. The number of nitrogens with zero attached hydrogens (tertiary/aromatic N) is 2. The van der Waals surface area contributed by atoms with E-state index in [1.807, 2.05) is 6.07 Å². The van der Waals surface area contributed by atoms with Gasteiger partial charge in [0.15, 0.2) is 0 Å². The van der Waals surface area contributed by atoms with E-state index in [4.69, 9.17) is 51.7 Å². The molecule has 0 aromatic heterocycles. The molecule has 0 N–H and O–H groups in total. The van der Waals surface area contributed by atoms with E-state index in [-0.39, 0.29) is 11.3 Å². The van der Waals surface area contributed by atoms with E-state index >= 15 is 0 Å². The maximum atomic E-state index is 11.0. The molecule has 29 heavy (non-hydrogen) atoms. The van der Waals surface area contributed by atoms with Crippen molar-refractivity contribution in [3.05, 3.63) is 90.4 Å². The highest BCUT2D eigenvalue weighted by Gasteiger charge is 2.16. The summed E-state index contributed by atoms with van der Waals surface area (Å²) >= 11 is 28.2. The molecule has 10 heteroatoms. The molecule has 0 bridgehead atoms. The second kappa shape index (κ2) is 11.0. The van der Waals surface area contributed by atoms with Crippen molar-refractivity contribution in [3.63, 3.8) is 0 Å². The first-order valence-corrected chi connectivity index (χ1v) is 10.4. The van der Waals surface area contributed by atoms with Gasteiger partial charge in [-0.3, -0.25) is 10.1 Å². The van der Waals surface area contributed by atoms with E-state index in [1.165, 1.54) is 30.0 Å². The van der Waals surface area contributed by atoms with E-state index in [9.17, 15) is 10.1 Å². The number of halogens is 4. The molecule has 0 radical (unpaired) electrons. The molecule has 0 aliphatic heterocycles. The number of hydrogen-bond donors (Lipinski definition) is 1. The second-order valence-corrected chi connectivity index (χ2v) is 8.76. The summed E-state index contributed by atoms with van der Waals surface area (Å²) in [6, 6.07) is 16.2. The van der Waals surface area contributed by atoms with E-state index in [2.05, 4.69) is 12.6 Å². The zero-order chi connectivity index (χ0) is 21.6. The van der Waals surface area contributed by atoms with Gasteiger partial charge in [0.25, 0.3) is 5.69 Å². The maximum absolute atomic E-state index is 11.0. The summed E-state index contributed by atoms with van der Waals surface area (Å²) in [5, 5.41) is 22.0. The molecule has 3 aromatic carbocycles. The smallest absolute Gasteiger partial charge is 0.258 e. The molecular weight excluding hydrogens is 494 g/mol. The Bertz CT molecular complexity index is 1030. The van der Waals surface area contributed by atoms with Gasteiger partial charge in [-0.05, 0) is 48.5 Å². The highest BCUT2D eigenvalue weighted by Crippen LogP contribution is 2.37. The van der Waals surface area contributed by atoms with Gasteiger partial charge in [0.2, 0.25) is 0 Å². The second-order valence-electron chi connectivity index (χ2n) is 5.39. The molecular formula is C19H10Cl4N2O2S2. The number of rotatable bonds is 3. The third-order valence-electron chi connectivity index (χ3n) is 3.20. The minimum absolute atomic E-state index is 0.120. The van der Waals surface area contributed by atoms with Gasteiger partial charge >= 0.3 is 0 Å². The Kier molecular flexibility index (Phi) is 8.97. The van der Waals surface area contributed by atoms with Gasteiger partial charge in [0.1, 0.15) is 0 Å². The molecule has 0 aliphatic rings. The van der Waals surface area contributed by atoms with Gasteiger partial charge < -0.3 is 0 Å². The number of thiol groups is 1. The first kappa shape index (κ1) is 23.7. The van der Waals surface area contributed by atoms with Crippen LogP contribution in [0, 0.1) is 21.4 Å². The Hall–Kier alpha value is -1.59. The highest BCUT2D eigenvalue weighted by molar-refractivity contribution is 7.99. The lowest BCUT2D eigenvalue weighted by atomic mass is 10.2. The van der Waals surface area contributed by atoms with Crippen LogP contribution in [0.5, 0.6) is 0 Å². The fourth-order valence-corrected chi connectivity index (χ4v) is 4.68. The van der Waals surface area contributed by atoms with Crippen LogP contribution in [0.25, 0.3) is 0 Å². The van der Waals surface area contributed by atoms with Gasteiger partial charge in [-0.1, -0.05) is 58.2 Å². The Labute approximate surface area is 196 Å². The van der Waals surface area contributed by atoms with E-state index < -0.39 is 4.92 Å². The largest absolute Gasteiger partial charge is 0.284 e. The monoisotopic (exact) mass is 502 g/mol.